The van der Waals surface area contributed by atoms with E-state index in [2.05, 4.69) is 5.32 Å². The fraction of sp³-hybridized carbons (Fsp3) is 0.357. The molecule has 2 rings (SSSR count). The molecule has 1 atom stereocenters. The van der Waals surface area contributed by atoms with E-state index in [9.17, 15) is 4.79 Å². The summed E-state index contributed by atoms with van der Waals surface area (Å²) in [4.78, 5) is 11.9. The summed E-state index contributed by atoms with van der Waals surface area (Å²) >= 11 is 0. The highest BCUT2D eigenvalue weighted by atomic mass is 16.3. The molecule has 0 radical (unpaired) electrons. The highest BCUT2D eigenvalue weighted by Gasteiger charge is 2.09. The van der Waals surface area contributed by atoms with Gasteiger partial charge in [-0.05, 0) is 31.5 Å². The Kier molecular flexibility index (Phi) is 3.76. The lowest BCUT2D eigenvalue weighted by Crippen LogP contribution is -2.21. The number of anilines is 2. The molecule has 0 unspecified atom stereocenters. The first-order chi connectivity index (χ1) is 9.02. The number of nitrogens with zero attached hydrogens (tertiary/aromatic N) is 1. The minimum atomic E-state index is -0.0732. The van der Waals surface area contributed by atoms with Crippen molar-refractivity contribution in [2.24, 2.45) is 7.05 Å². The van der Waals surface area contributed by atoms with Crippen LogP contribution in [-0.4, -0.2) is 22.3 Å². The Morgan fingerprint density at radius 2 is 2.16 bits per heavy atom. The Balaban J connectivity index is 2.56. The third-order valence-electron chi connectivity index (χ3n) is 3.23. The number of rotatable bonds is 4. The lowest BCUT2D eigenvalue weighted by molar-refractivity contribution is 0.282. The number of pyridine rings is 1. The van der Waals surface area contributed by atoms with Crippen molar-refractivity contribution < 1.29 is 5.11 Å². The quantitative estimate of drug-likeness (QED) is 0.725. The third kappa shape index (κ3) is 2.71. The number of fused-ring (bicyclic) bond motifs is 1. The minimum Gasteiger partial charge on any atom is -0.399 e. The average molecular weight is 261 g/mol. The second-order valence-corrected chi connectivity index (χ2v) is 4.79. The zero-order valence-corrected chi connectivity index (χ0v) is 11.2. The fourth-order valence-electron chi connectivity index (χ4n) is 2.13. The molecule has 0 saturated heterocycles. The number of aliphatic hydroxyl groups is 1. The van der Waals surface area contributed by atoms with Gasteiger partial charge in [0, 0.05) is 42.5 Å². The summed E-state index contributed by atoms with van der Waals surface area (Å²) in [7, 11) is 1.74. The van der Waals surface area contributed by atoms with Gasteiger partial charge in [0.15, 0.2) is 0 Å². The molecule has 0 fully saturated rings. The largest absolute Gasteiger partial charge is 0.399 e. The summed E-state index contributed by atoms with van der Waals surface area (Å²) < 4.78 is 1.59. The van der Waals surface area contributed by atoms with Crippen LogP contribution in [0, 0.1) is 0 Å². The van der Waals surface area contributed by atoms with E-state index in [1.807, 2.05) is 19.1 Å². The first-order valence-corrected chi connectivity index (χ1v) is 6.29. The Morgan fingerprint density at radius 3 is 2.84 bits per heavy atom. The summed E-state index contributed by atoms with van der Waals surface area (Å²) in [6.45, 7) is 2.07. The van der Waals surface area contributed by atoms with Crippen molar-refractivity contribution in [3.8, 4) is 0 Å². The molecule has 1 heterocycles. The number of hydrogen-bond donors (Lipinski definition) is 3. The number of hydrogen-bond acceptors (Lipinski definition) is 4. The Morgan fingerprint density at radius 1 is 1.42 bits per heavy atom. The van der Waals surface area contributed by atoms with Gasteiger partial charge in [0.1, 0.15) is 0 Å². The molecular weight excluding hydrogens is 242 g/mol. The van der Waals surface area contributed by atoms with Crippen LogP contribution >= 0.6 is 0 Å². The van der Waals surface area contributed by atoms with E-state index in [1.54, 1.807) is 23.7 Å². The smallest absolute Gasteiger partial charge is 0.252 e. The molecule has 1 aromatic heterocycles. The van der Waals surface area contributed by atoms with Crippen LogP contribution in [0.3, 0.4) is 0 Å². The van der Waals surface area contributed by atoms with Crippen molar-refractivity contribution in [3.63, 3.8) is 0 Å². The monoisotopic (exact) mass is 261 g/mol. The van der Waals surface area contributed by atoms with Crippen LogP contribution in [0.15, 0.2) is 29.1 Å². The standard InChI is InChI=1S/C14H19N3O2/c1-9(5-6-18)16-12-8-14(19)17(2)13-4-3-10(15)7-11(12)13/h3-4,7-9,16,18H,5-6,15H2,1-2H3/t9-/m0/s1. The first kappa shape index (κ1) is 13.4. The second-order valence-electron chi connectivity index (χ2n) is 4.79. The number of aliphatic hydroxyl groups excluding tert-OH is 1. The highest BCUT2D eigenvalue weighted by molar-refractivity contribution is 5.93. The number of nitrogens with two attached hydrogens (primary N) is 1. The van der Waals surface area contributed by atoms with E-state index in [0.29, 0.717) is 12.1 Å². The molecule has 19 heavy (non-hydrogen) atoms. The maximum absolute atomic E-state index is 11.9. The van der Waals surface area contributed by atoms with E-state index in [1.165, 1.54) is 0 Å². The predicted octanol–water partition coefficient (Wildman–Crippen LogP) is 1.30. The van der Waals surface area contributed by atoms with Crippen molar-refractivity contribution in [1.29, 1.82) is 0 Å². The second kappa shape index (κ2) is 5.32. The van der Waals surface area contributed by atoms with Gasteiger partial charge in [0.25, 0.3) is 5.56 Å². The predicted molar refractivity (Wildman–Crippen MR) is 78.4 cm³/mol. The molecule has 0 saturated carbocycles. The van der Waals surface area contributed by atoms with Gasteiger partial charge in [-0.1, -0.05) is 0 Å². The number of nitrogens with one attached hydrogen (secondary N) is 1. The van der Waals surface area contributed by atoms with Gasteiger partial charge in [-0.15, -0.1) is 0 Å². The van der Waals surface area contributed by atoms with Gasteiger partial charge >= 0.3 is 0 Å². The van der Waals surface area contributed by atoms with Crippen molar-refractivity contribution in [2.45, 2.75) is 19.4 Å². The summed E-state index contributed by atoms with van der Waals surface area (Å²) in [6, 6.07) is 7.12. The Hall–Kier alpha value is -2.01. The van der Waals surface area contributed by atoms with E-state index < -0.39 is 0 Å². The van der Waals surface area contributed by atoms with E-state index in [4.69, 9.17) is 10.8 Å². The molecule has 5 heteroatoms. The lowest BCUT2D eigenvalue weighted by atomic mass is 10.1. The fourth-order valence-corrected chi connectivity index (χ4v) is 2.13. The van der Waals surface area contributed by atoms with E-state index >= 15 is 0 Å². The lowest BCUT2D eigenvalue weighted by Gasteiger charge is -2.17. The van der Waals surface area contributed by atoms with Gasteiger partial charge in [-0.3, -0.25) is 4.79 Å². The summed E-state index contributed by atoms with van der Waals surface area (Å²) in [6.07, 6.45) is 0.624. The Labute approximate surface area is 111 Å². The number of aromatic nitrogens is 1. The van der Waals surface area contributed by atoms with Crippen LogP contribution < -0.4 is 16.6 Å². The Bertz CT molecular complexity index is 649. The molecule has 5 nitrogen and oxygen atoms in total. The first-order valence-electron chi connectivity index (χ1n) is 6.29. The highest BCUT2D eigenvalue weighted by Crippen LogP contribution is 2.24. The minimum absolute atomic E-state index is 0.0732. The van der Waals surface area contributed by atoms with Crippen molar-refractivity contribution in [3.05, 3.63) is 34.6 Å². The van der Waals surface area contributed by atoms with Crippen molar-refractivity contribution in [2.75, 3.05) is 17.7 Å². The van der Waals surface area contributed by atoms with Crippen molar-refractivity contribution in [1.82, 2.24) is 4.57 Å². The normalized spacial score (nSPS) is 12.6. The van der Waals surface area contributed by atoms with E-state index in [0.717, 1.165) is 16.6 Å². The third-order valence-corrected chi connectivity index (χ3v) is 3.23. The molecule has 0 amide bonds. The van der Waals surface area contributed by atoms with Crippen LogP contribution in [0.2, 0.25) is 0 Å². The number of aryl methyl sites for hydroxylation is 1. The molecular formula is C14H19N3O2. The van der Waals surface area contributed by atoms with Crippen LogP contribution in [0.4, 0.5) is 11.4 Å². The van der Waals surface area contributed by atoms with Crippen LogP contribution in [0.1, 0.15) is 13.3 Å². The zero-order valence-electron chi connectivity index (χ0n) is 11.2. The molecule has 1 aromatic carbocycles. The molecule has 0 aliphatic rings. The van der Waals surface area contributed by atoms with Crippen LogP contribution in [-0.2, 0) is 7.05 Å². The van der Waals surface area contributed by atoms with Crippen LogP contribution in [0.25, 0.3) is 10.9 Å². The molecule has 0 bridgehead atoms. The summed E-state index contributed by atoms with van der Waals surface area (Å²) in [5.74, 6) is 0. The maximum Gasteiger partial charge on any atom is 0.252 e. The van der Waals surface area contributed by atoms with Gasteiger partial charge in [0.2, 0.25) is 0 Å². The average Bonchev–Trinajstić information content (AvgIpc) is 2.36. The molecule has 4 N–H and O–H groups in total. The van der Waals surface area contributed by atoms with Gasteiger partial charge < -0.3 is 20.7 Å². The number of nitrogen functional groups attached to an aromatic ring is 1. The van der Waals surface area contributed by atoms with Crippen molar-refractivity contribution >= 4 is 22.3 Å². The molecule has 0 aliphatic carbocycles. The van der Waals surface area contributed by atoms with Gasteiger partial charge in [-0.25, -0.2) is 0 Å². The maximum atomic E-state index is 11.9. The van der Waals surface area contributed by atoms with Gasteiger partial charge in [-0.2, -0.15) is 0 Å². The van der Waals surface area contributed by atoms with Gasteiger partial charge in [0.05, 0.1) is 5.52 Å². The molecule has 102 valence electrons. The topological polar surface area (TPSA) is 80.3 Å². The summed E-state index contributed by atoms with van der Waals surface area (Å²) in [5.41, 5.74) is 7.99. The number of benzene rings is 1. The van der Waals surface area contributed by atoms with E-state index in [-0.39, 0.29) is 18.2 Å². The van der Waals surface area contributed by atoms with Crippen LogP contribution in [0.5, 0.6) is 0 Å². The molecule has 0 aliphatic heterocycles. The molecule has 0 spiro atoms. The zero-order chi connectivity index (χ0) is 14.0. The summed E-state index contributed by atoms with van der Waals surface area (Å²) in [5, 5.41) is 13.1. The molecule has 2 aromatic rings. The SMILES string of the molecule is C[C@@H](CCO)Nc1cc(=O)n(C)c2ccc(N)cc12.